The number of allylic oxidation sites excluding steroid dienone is 2. The Morgan fingerprint density at radius 1 is 1.05 bits per heavy atom. The second-order valence-corrected chi connectivity index (χ2v) is 7.40. The zero-order valence-electron chi connectivity index (χ0n) is 12.1. The van der Waals surface area contributed by atoms with Crippen LogP contribution in [0.15, 0.2) is 36.0 Å². The van der Waals surface area contributed by atoms with Gasteiger partial charge >= 0.3 is 8.80 Å². The Morgan fingerprint density at radius 2 is 1.58 bits per heavy atom. The third-order valence-electron chi connectivity index (χ3n) is 3.32. The molecule has 0 saturated carbocycles. The molecule has 0 aliphatic rings. The minimum absolute atomic E-state index is 0.673. The summed E-state index contributed by atoms with van der Waals surface area (Å²) in [6.45, 7) is 2.03. The first-order chi connectivity index (χ1) is 9.08. The minimum Gasteiger partial charge on any atom is -0.402 e. The van der Waals surface area contributed by atoms with Crippen LogP contribution in [-0.4, -0.2) is 30.1 Å². The molecule has 1 aromatic rings. The van der Waals surface area contributed by atoms with Crippen LogP contribution >= 0.6 is 0 Å². The number of benzene rings is 1. The predicted octanol–water partition coefficient (Wildman–Crippen LogP) is 2.64. The van der Waals surface area contributed by atoms with Crippen LogP contribution in [0, 0.1) is 0 Å². The molecule has 5 heteroatoms. The molecule has 0 spiro atoms. The van der Waals surface area contributed by atoms with Crippen molar-refractivity contribution in [2.24, 2.45) is 5.73 Å². The topological polar surface area (TPSA) is 53.7 Å². The predicted molar refractivity (Wildman–Crippen MR) is 79.4 cm³/mol. The zero-order chi connectivity index (χ0) is 14.3. The summed E-state index contributed by atoms with van der Waals surface area (Å²) in [5.74, 6) is 0. The van der Waals surface area contributed by atoms with E-state index in [4.69, 9.17) is 19.0 Å². The average Bonchev–Trinajstić information content (AvgIpc) is 2.49. The van der Waals surface area contributed by atoms with E-state index in [0.717, 1.165) is 16.8 Å². The van der Waals surface area contributed by atoms with Gasteiger partial charge in [0, 0.05) is 33.1 Å². The van der Waals surface area contributed by atoms with E-state index >= 15 is 0 Å². The van der Waals surface area contributed by atoms with Crippen LogP contribution in [0.25, 0.3) is 5.57 Å². The van der Waals surface area contributed by atoms with Gasteiger partial charge in [-0.2, -0.15) is 0 Å². The highest BCUT2D eigenvalue weighted by Gasteiger charge is 2.37. The maximum absolute atomic E-state index is 6.16. The fourth-order valence-electron chi connectivity index (χ4n) is 1.90. The van der Waals surface area contributed by atoms with Crippen LogP contribution in [0.5, 0.6) is 0 Å². The molecule has 0 atom stereocenters. The summed E-state index contributed by atoms with van der Waals surface area (Å²) in [5.41, 5.74) is 9.23. The first-order valence-electron chi connectivity index (χ1n) is 6.24. The minimum atomic E-state index is -2.54. The number of nitrogens with two attached hydrogens (primary N) is 1. The normalized spacial score (nSPS) is 13.3. The van der Waals surface area contributed by atoms with Crippen molar-refractivity contribution in [1.82, 2.24) is 0 Å². The van der Waals surface area contributed by atoms with E-state index in [2.05, 4.69) is 12.1 Å². The SMILES string of the molecule is CO[Si](CCC(N)=C(C)c1ccccc1)(OC)OC. The van der Waals surface area contributed by atoms with Crippen LogP contribution in [0.3, 0.4) is 0 Å². The number of rotatable bonds is 7. The molecule has 1 aromatic carbocycles. The summed E-state index contributed by atoms with van der Waals surface area (Å²) >= 11 is 0. The molecule has 19 heavy (non-hydrogen) atoms. The van der Waals surface area contributed by atoms with Crippen molar-refractivity contribution in [3.63, 3.8) is 0 Å². The molecule has 1 rings (SSSR count). The zero-order valence-corrected chi connectivity index (χ0v) is 13.1. The van der Waals surface area contributed by atoms with E-state index in [-0.39, 0.29) is 0 Å². The van der Waals surface area contributed by atoms with Gasteiger partial charge in [-0.25, -0.2) is 0 Å². The highest BCUT2D eigenvalue weighted by molar-refractivity contribution is 6.60. The fourth-order valence-corrected chi connectivity index (χ4v) is 3.59. The molecule has 0 radical (unpaired) electrons. The van der Waals surface area contributed by atoms with Gasteiger partial charge in [-0.1, -0.05) is 30.3 Å². The molecule has 0 fully saturated rings. The molecule has 4 nitrogen and oxygen atoms in total. The third kappa shape index (κ3) is 4.17. The van der Waals surface area contributed by atoms with Gasteiger partial charge < -0.3 is 19.0 Å². The Balaban J connectivity index is 2.76. The van der Waals surface area contributed by atoms with Gasteiger partial charge in [0.1, 0.15) is 0 Å². The Kier molecular flexibility index (Phi) is 6.24. The molecule has 0 bridgehead atoms. The lowest BCUT2D eigenvalue weighted by Crippen LogP contribution is -2.42. The van der Waals surface area contributed by atoms with Crippen LogP contribution < -0.4 is 5.73 Å². The summed E-state index contributed by atoms with van der Waals surface area (Å²) in [7, 11) is 2.30. The summed E-state index contributed by atoms with van der Waals surface area (Å²) in [5, 5.41) is 0. The lowest BCUT2D eigenvalue weighted by atomic mass is 10.0. The van der Waals surface area contributed by atoms with Crippen LogP contribution in [0.4, 0.5) is 0 Å². The Hall–Kier alpha value is -1.14. The molecular formula is C14H23NO3Si. The summed E-state index contributed by atoms with van der Waals surface area (Å²) in [4.78, 5) is 0. The summed E-state index contributed by atoms with van der Waals surface area (Å²) in [6, 6.07) is 10.8. The van der Waals surface area contributed by atoms with Gasteiger partial charge in [-0.15, -0.1) is 0 Å². The molecule has 106 valence electrons. The van der Waals surface area contributed by atoms with E-state index in [9.17, 15) is 0 Å². The van der Waals surface area contributed by atoms with Crippen molar-refractivity contribution < 1.29 is 13.3 Å². The maximum Gasteiger partial charge on any atom is 0.500 e. The number of hydrogen-bond acceptors (Lipinski definition) is 4. The molecule has 0 unspecified atom stereocenters. The first kappa shape index (κ1) is 15.9. The van der Waals surface area contributed by atoms with Crippen molar-refractivity contribution in [2.75, 3.05) is 21.3 Å². The van der Waals surface area contributed by atoms with E-state index in [0.29, 0.717) is 12.5 Å². The van der Waals surface area contributed by atoms with Crippen LogP contribution in [0.1, 0.15) is 18.9 Å². The number of hydrogen-bond donors (Lipinski definition) is 1. The van der Waals surface area contributed by atoms with Crippen molar-refractivity contribution >= 4 is 14.4 Å². The van der Waals surface area contributed by atoms with E-state index < -0.39 is 8.80 Å². The first-order valence-corrected chi connectivity index (χ1v) is 8.18. The monoisotopic (exact) mass is 281 g/mol. The maximum atomic E-state index is 6.16. The van der Waals surface area contributed by atoms with Gasteiger partial charge in [0.25, 0.3) is 0 Å². The van der Waals surface area contributed by atoms with Crippen molar-refractivity contribution in [3.05, 3.63) is 41.6 Å². The molecule has 0 aliphatic carbocycles. The molecule has 0 aromatic heterocycles. The highest BCUT2D eigenvalue weighted by atomic mass is 28.4. The third-order valence-corrected chi connectivity index (χ3v) is 6.05. The van der Waals surface area contributed by atoms with Gasteiger partial charge in [0.15, 0.2) is 0 Å². The molecule has 2 N–H and O–H groups in total. The van der Waals surface area contributed by atoms with Gasteiger partial charge in [-0.05, 0) is 24.5 Å². The fraction of sp³-hybridized carbons (Fsp3) is 0.429. The van der Waals surface area contributed by atoms with Crippen molar-refractivity contribution in [3.8, 4) is 0 Å². The highest BCUT2D eigenvalue weighted by Crippen LogP contribution is 2.22. The second-order valence-electron chi connectivity index (χ2n) is 4.31. The standard InChI is InChI=1S/C14H23NO3Si/c1-12(13-8-6-5-7-9-13)14(15)10-11-19(16-2,17-3)18-4/h5-9H,10-11,15H2,1-4H3. The molecule has 0 heterocycles. The molecule has 0 saturated heterocycles. The van der Waals surface area contributed by atoms with Gasteiger partial charge in [0.05, 0.1) is 0 Å². The van der Waals surface area contributed by atoms with Gasteiger partial charge in [-0.3, -0.25) is 0 Å². The van der Waals surface area contributed by atoms with Crippen molar-refractivity contribution in [1.29, 1.82) is 0 Å². The van der Waals surface area contributed by atoms with Crippen LogP contribution in [-0.2, 0) is 13.3 Å². The Morgan fingerprint density at radius 3 is 2.05 bits per heavy atom. The molecule has 0 aliphatic heterocycles. The second kappa shape index (κ2) is 7.45. The van der Waals surface area contributed by atoms with E-state index in [1.165, 1.54) is 0 Å². The quantitative estimate of drug-likeness (QED) is 0.781. The lowest BCUT2D eigenvalue weighted by Gasteiger charge is -2.24. The van der Waals surface area contributed by atoms with Crippen molar-refractivity contribution in [2.45, 2.75) is 19.4 Å². The lowest BCUT2D eigenvalue weighted by molar-refractivity contribution is 0.123. The summed E-state index contributed by atoms with van der Waals surface area (Å²) in [6.07, 6.45) is 0.697. The molecule has 0 amide bonds. The Bertz CT molecular complexity index is 408. The van der Waals surface area contributed by atoms with Crippen LogP contribution in [0.2, 0.25) is 6.04 Å². The Labute approximate surface area is 116 Å². The van der Waals surface area contributed by atoms with E-state index in [1.807, 2.05) is 25.1 Å². The smallest absolute Gasteiger partial charge is 0.402 e. The van der Waals surface area contributed by atoms with E-state index in [1.54, 1.807) is 21.3 Å². The average molecular weight is 281 g/mol. The molecular weight excluding hydrogens is 258 g/mol. The largest absolute Gasteiger partial charge is 0.500 e. The van der Waals surface area contributed by atoms with Gasteiger partial charge in [0.2, 0.25) is 0 Å². The summed E-state index contributed by atoms with van der Waals surface area (Å²) < 4.78 is 16.2.